The molecule has 1 aromatic heterocycles. The molecule has 4 rings (SSSR count). The number of thiophene rings is 1. The number of hydrogen-bond donors (Lipinski definition) is 0. The molecule has 0 amide bonds. The van der Waals surface area contributed by atoms with Crippen molar-refractivity contribution in [2.45, 2.75) is 0 Å². The third kappa shape index (κ3) is 1.95. The van der Waals surface area contributed by atoms with Crippen LogP contribution in [-0.4, -0.2) is 0 Å². The third-order valence-electron chi connectivity index (χ3n) is 3.56. The molecular weight excluding hydrogens is 375 g/mol. The number of hydrogen-bond acceptors (Lipinski definition) is 1. The Morgan fingerprint density at radius 3 is 2.35 bits per heavy atom. The van der Waals surface area contributed by atoms with Gasteiger partial charge in [0.15, 0.2) is 0 Å². The Bertz CT molecular complexity index is 921. The summed E-state index contributed by atoms with van der Waals surface area (Å²) in [7, 11) is 0. The van der Waals surface area contributed by atoms with Gasteiger partial charge in [-0.15, -0.1) is 11.3 Å². The SMILES string of the molecule is Ic1ccccc1-c1ccc2c(c1)sc1ccccc12. The fourth-order valence-corrected chi connectivity index (χ4v) is 4.43. The van der Waals surface area contributed by atoms with Crippen LogP contribution in [0.1, 0.15) is 0 Å². The monoisotopic (exact) mass is 386 g/mol. The summed E-state index contributed by atoms with van der Waals surface area (Å²) in [5.41, 5.74) is 2.61. The highest BCUT2D eigenvalue weighted by Gasteiger charge is 2.07. The minimum atomic E-state index is 1.30. The summed E-state index contributed by atoms with van der Waals surface area (Å²) in [6.45, 7) is 0. The molecule has 0 atom stereocenters. The van der Waals surface area contributed by atoms with Gasteiger partial charge >= 0.3 is 0 Å². The van der Waals surface area contributed by atoms with E-state index in [-0.39, 0.29) is 0 Å². The molecule has 0 saturated carbocycles. The molecule has 0 fully saturated rings. The molecule has 3 aromatic carbocycles. The van der Waals surface area contributed by atoms with E-state index in [2.05, 4.69) is 89.3 Å². The molecule has 0 aliphatic heterocycles. The van der Waals surface area contributed by atoms with Crippen molar-refractivity contribution in [1.29, 1.82) is 0 Å². The second-order valence-corrected chi connectivity index (χ2v) is 7.03. The predicted molar refractivity (Wildman–Crippen MR) is 97.5 cm³/mol. The number of fused-ring (bicyclic) bond motifs is 3. The highest BCUT2D eigenvalue weighted by Crippen LogP contribution is 2.36. The van der Waals surface area contributed by atoms with Crippen molar-refractivity contribution < 1.29 is 0 Å². The lowest BCUT2D eigenvalue weighted by Crippen LogP contribution is -1.81. The lowest BCUT2D eigenvalue weighted by Gasteiger charge is -2.04. The molecule has 0 N–H and O–H groups in total. The largest absolute Gasteiger partial charge is 0.135 e. The molecule has 20 heavy (non-hydrogen) atoms. The van der Waals surface area contributed by atoms with Gasteiger partial charge in [-0.2, -0.15) is 0 Å². The second kappa shape index (κ2) is 4.86. The van der Waals surface area contributed by atoms with Gasteiger partial charge in [-0.1, -0.05) is 48.5 Å². The van der Waals surface area contributed by atoms with Crippen LogP contribution in [-0.2, 0) is 0 Å². The molecule has 0 nitrogen and oxygen atoms in total. The average Bonchev–Trinajstić information content (AvgIpc) is 2.85. The Morgan fingerprint density at radius 2 is 1.45 bits per heavy atom. The Morgan fingerprint density at radius 1 is 0.700 bits per heavy atom. The van der Waals surface area contributed by atoms with E-state index < -0.39 is 0 Å². The molecule has 4 aromatic rings. The Labute approximate surface area is 135 Å². The predicted octanol–water partition coefficient (Wildman–Crippen LogP) is 6.33. The summed E-state index contributed by atoms with van der Waals surface area (Å²) in [5, 5.41) is 2.72. The van der Waals surface area contributed by atoms with Crippen LogP contribution in [0.2, 0.25) is 0 Å². The Hall–Kier alpha value is -1.39. The maximum Gasteiger partial charge on any atom is 0.0361 e. The van der Waals surface area contributed by atoms with Crippen molar-refractivity contribution >= 4 is 54.1 Å². The molecule has 0 aliphatic rings. The molecule has 0 radical (unpaired) electrons. The van der Waals surface area contributed by atoms with Gasteiger partial charge in [0.2, 0.25) is 0 Å². The minimum absolute atomic E-state index is 1.30. The summed E-state index contributed by atoms with van der Waals surface area (Å²) in [5.74, 6) is 0. The number of halogens is 1. The van der Waals surface area contributed by atoms with Gasteiger partial charge in [0.1, 0.15) is 0 Å². The lowest BCUT2D eigenvalue weighted by molar-refractivity contribution is 1.61. The zero-order valence-corrected chi connectivity index (χ0v) is 13.6. The van der Waals surface area contributed by atoms with E-state index in [9.17, 15) is 0 Å². The summed E-state index contributed by atoms with van der Waals surface area (Å²) in [6, 6.07) is 24.0. The van der Waals surface area contributed by atoms with Crippen molar-refractivity contribution in [2.75, 3.05) is 0 Å². The molecule has 0 unspecified atom stereocenters. The molecule has 1 heterocycles. The molecule has 0 saturated heterocycles. The maximum atomic E-state index is 2.41. The molecular formula is C18H11IS. The van der Waals surface area contributed by atoms with E-state index in [1.807, 2.05) is 11.3 Å². The van der Waals surface area contributed by atoms with E-state index in [0.29, 0.717) is 0 Å². The van der Waals surface area contributed by atoms with E-state index in [1.54, 1.807) is 0 Å². The topological polar surface area (TPSA) is 0 Å². The van der Waals surface area contributed by atoms with Gasteiger partial charge in [-0.3, -0.25) is 0 Å². The van der Waals surface area contributed by atoms with Crippen LogP contribution in [0.25, 0.3) is 31.3 Å². The van der Waals surface area contributed by atoms with Crippen molar-refractivity contribution in [1.82, 2.24) is 0 Å². The molecule has 0 spiro atoms. The first kappa shape index (κ1) is 12.4. The van der Waals surface area contributed by atoms with Crippen LogP contribution in [0.3, 0.4) is 0 Å². The molecule has 96 valence electrons. The van der Waals surface area contributed by atoms with E-state index in [0.717, 1.165) is 0 Å². The number of benzene rings is 3. The van der Waals surface area contributed by atoms with Gasteiger partial charge in [-0.05, 0) is 51.9 Å². The first-order valence-corrected chi connectivity index (χ1v) is 8.39. The second-order valence-electron chi connectivity index (χ2n) is 4.79. The molecule has 2 heteroatoms. The van der Waals surface area contributed by atoms with Crippen LogP contribution in [0.4, 0.5) is 0 Å². The van der Waals surface area contributed by atoms with Gasteiger partial charge in [0.05, 0.1) is 0 Å². The zero-order chi connectivity index (χ0) is 13.5. The zero-order valence-electron chi connectivity index (χ0n) is 10.6. The standard InChI is InChI=1S/C18H11IS/c19-16-7-3-1-5-13(16)12-9-10-15-14-6-2-4-8-17(14)20-18(15)11-12/h1-11H. The van der Waals surface area contributed by atoms with E-state index in [1.165, 1.54) is 34.9 Å². The van der Waals surface area contributed by atoms with Crippen molar-refractivity contribution in [3.8, 4) is 11.1 Å². The van der Waals surface area contributed by atoms with Crippen LogP contribution >= 0.6 is 33.9 Å². The fraction of sp³-hybridized carbons (Fsp3) is 0. The lowest BCUT2D eigenvalue weighted by atomic mass is 10.0. The summed E-state index contributed by atoms with van der Waals surface area (Å²) in [4.78, 5) is 0. The van der Waals surface area contributed by atoms with Crippen LogP contribution in [0.5, 0.6) is 0 Å². The fourth-order valence-electron chi connectivity index (χ4n) is 2.59. The summed E-state index contributed by atoms with van der Waals surface area (Å²) >= 11 is 4.28. The normalized spacial score (nSPS) is 11.2. The molecule has 0 bridgehead atoms. The smallest absolute Gasteiger partial charge is 0.0361 e. The van der Waals surface area contributed by atoms with Crippen LogP contribution < -0.4 is 0 Å². The maximum absolute atomic E-state index is 2.41. The van der Waals surface area contributed by atoms with Crippen molar-refractivity contribution in [2.24, 2.45) is 0 Å². The van der Waals surface area contributed by atoms with Crippen molar-refractivity contribution in [3.63, 3.8) is 0 Å². The highest BCUT2D eigenvalue weighted by atomic mass is 127. The summed E-state index contributed by atoms with van der Waals surface area (Å²) < 4.78 is 4.02. The quantitative estimate of drug-likeness (QED) is 0.336. The third-order valence-corrected chi connectivity index (χ3v) is 5.64. The van der Waals surface area contributed by atoms with Gasteiger partial charge in [0, 0.05) is 23.7 Å². The summed E-state index contributed by atoms with van der Waals surface area (Å²) in [6.07, 6.45) is 0. The van der Waals surface area contributed by atoms with Crippen LogP contribution in [0.15, 0.2) is 66.7 Å². The minimum Gasteiger partial charge on any atom is -0.135 e. The van der Waals surface area contributed by atoms with Gasteiger partial charge in [0.25, 0.3) is 0 Å². The van der Waals surface area contributed by atoms with Crippen molar-refractivity contribution in [3.05, 3.63) is 70.3 Å². The highest BCUT2D eigenvalue weighted by molar-refractivity contribution is 14.1. The molecule has 0 aliphatic carbocycles. The van der Waals surface area contributed by atoms with Gasteiger partial charge < -0.3 is 0 Å². The number of rotatable bonds is 1. The first-order chi connectivity index (χ1) is 9.83. The van der Waals surface area contributed by atoms with Crippen LogP contribution in [0, 0.1) is 3.57 Å². The Kier molecular flexibility index (Phi) is 3.00. The first-order valence-electron chi connectivity index (χ1n) is 6.49. The van der Waals surface area contributed by atoms with E-state index in [4.69, 9.17) is 0 Å². The average molecular weight is 386 g/mol. The van der Waals surface area contributed by atoms with Gasteiger partial charge in [-0.25, -0.2) is 0 Å². The Balaban J connectivity index is 2.00. The van der Waals surface area contributed by atoms with E-state index >= 15 is 0 Å².